The number of benzene rings is 3. The smallest absolute Gasteiger partial charge is 0.159 e. The Hall–Kier alpha value is -4.49. The van der Waals surface area contributed by atoms with E-state index in [2.05, 4.69) is 96.8 Å². The van der Waals surface area contributed by atoms with Gasteiger partial charge in [0.25, 0.3) is 0 Å². The Morgan fingerprint density at radius 3 is 2.13 bits per heavy atom. The molecule has 2 aromatic heterocycles. The number of rotatable bonds is 6. The van der Waals surface area contributed by atoms with Crippen LogP contribution in [0.5, 0.6) is 0 Å². The molecule has 7 nitrogen and oxygen atoms in total. The molecule has 0 bridgehead atoms. The molecule has 7 heteroatoms. The SMILES string of the molecule is Cc1ccc2c(Nc3ncnc(N4CCN(C(c5ccccc5)c5ccccc5)CC4)c3N)cccc2n1. The average molecular weight is 502 g/mol. The number of pyridine rings is 1. The first kappa shape index (κ1) is 23.9. The Morgan fingerprint density at radius 2 is 1.45 bits per heavy atom. The zero-order valence-electron chi connectivity index (χ0n) is 21.5. The van der Waals surface area contributed by atoms with E-state index in [4.69, 9.17) is 5.73 Å². The molecule has 0 spiro atoms. The Bertz CT molecular complexity index is 1490. The fourth-order valence-electron chi connectivity index (χ4n) is 5.31. The second-order valence-electron chi connectivity index (χ2n) is 9.66. The molecule has 3 N–H and O–H groups in total. The van der Waals surface area contributed by atoms with Crippen molar-refractivity contribution in [2.24, 2.45) is 0 Å². The number of hydrogen-bond acceptors (Lipinski definition) is 7. The van der Waals surface area contributed by atoms with Crippen LogP contribution < -0.4 is 16.0 Å². The topological polar surface area (TPSA) is 83.2 Å². The predicted octanol–water partition coefficient (Wildman–Crippen LogP) is 5.57. The van der Waals surface area contributed by atoms with Crippen molar-refractivity contribution in [3.8, 4) is 0 Å². The van der Waals surface area contributed by atoms with Crippen LogP contribution in [-0.2, 0) is 0 Å². The Labute approximate surface area is 223 Å². The van der Waals surface area contributed by atoms with Gasteiger partial charge >= 0.3 is 0 Å². The Kier molecular flexibility index (Phi) is 6.58. The van der Waals surface area contributed by atoms with Gasteiger partial charge in [-0.1, -0.05) is 66.7 Å². The predicted molar refractivity (Wildman–Crippen MR) is 155 cm³/mol. The van der Waals surface area contributed by atoms with Crippen molar-refractivity contribution in [1.82, 2.24) is 19.9 Å². The average Bonchev–Trinajstić information content (AvgIpc) is 2.96. The van der Waals surface area contributed by atoms with Gasteiger partial charge in [0.2, 0.25) is 0 Å². The zero-order chi connectivity index (χ0) is 25.9. The summed E-state index contributed by atoms with van der Waals surface area (Å²) in [5, 5.41) is 4.46. The van der Waals surface area contributed by atoms with Gasteiger partial charge in [0.05, 0.1) is 11.6 Å². The third-order valence-corrected chi connectivity index (χ3v) is 7.20. The van der Waals surface area contributed by atoms with Crippen LogP contribution in [-0.4, -0.2) is 46.0 Å². The maximum atomic E-state index is 6.65. The highest BCUT2D eigenvalue weighted by Gasteiger charge is 2.28. The summed E-state index contributed by atoms with van der Waals surface area (Å²) in [6.45, 7) is 5.45. The van der Waals surface area contributed by atoms with Gasteiger partial charge in [-0.2, -0.15) is 0 Å². The summed E-state index contributed by atoms with van der Waals surface area (Å²) in [5.41, 5.74) is 12.7. The fraction of sp³-hybridized carbons (Fsp3) is 0.194. The highest BCUT2D eigenvalue weighted by atomic mass is 15.3. The maximum absolute atomic E-state index is 6.65. The lowest BCUT2D eigenvalue weighted by molar-refractivity contribution is 0.212. The second kappa shape index (κ2) is 10.5. The van der Waals surface area contributed by atoms with Gasteiger partial charge in [0, 0.05) is 42.9 Å². The van der Waals surface area contributed by atoms with E-state index < -0.39 is 0 Å². The molecule has 190 valence electrons. The quantitative estimate of drug-likeness (QED) is 0.315. The largest absolute Gasteiger partial charge is 0.393 e. The van der Waals surface area contributed by atoms with Crippen molar-refractivity contribution < 1.29 is 0 Å². The van der Waals surface area contributed by atoms with E-state index in [1.54, 1.807) is 6.33 Å². The third-order valence-electron chi connectivity index (χ3n) is 7.20. The molecule has 5 aromatic rings. The molecule has 1 aliphatic rings. The first-order valence-electron chi connectivity index (χ1n) is 13.0. The molecule has 1 saturated heterocycles. The van der Waals surface area contributed by atoms with Crippen LogP contribution in [0, 0.1) is 6.92 Å². The molecule has 38 heavy (non-hydrogen) atoms. The minimum absolute atomic E-state index is 0.211. The van der Waals surface area contributed by atoms with Gasteiger partial charge < -0.3 is 16.0 Å². The fourth-order valence-corrected chi connectivity index (χ4v) is 5.31. The molecular formula is C31H31N7. The summed E-state index contributed by atoms with van der Waals surface area (Å²) in [6, 6.07) is 31.8. The number of hydrogen-bond donors (Lipinski definition) is 2. The summed E-state index contributed by atoms with van der Waals surface area (Å²) in [6.07, 6.45) is 1.59. The molecule has 0 saturated carbocycles. The Morgan fingerprint density at radius 1 is 0.763 bits per heavy atom. The van der Waals surface area contributed by atoms with Crippen LogP contribution in [0.1, 0.15) is 22.9 Å². The number of aromatic nitrogens is 3. The lowest BCUT2D eigenvalue weighted by Gasteiger charge is -2.40. The first-order valence-corrected chi connectivity index (χ1v) is 13.0. The maximum Gasteiger partial charge on any atom is 0.159 e. The summed E-state index contributed by atoms with van der Waals surface area (Å²) in [7, 11) is 0. The van der Waals surface area contributed by atoms with Crippen LogP contribution in [0.4, 0.5) is 23.0 Å². The van der Waals surface area contributed by atoms with Crippen molar-refractivity contribution in [1.29, 1.82) is 0 Å². The lowest BCUT2D eigenvalue weighted by atomic mass is 9.96. The number of piperazine rings is 1. The molecule has 0 unspecified atom stereocenters. The summed E-state index contributed by atoms with van der Waals surface area (Å²) >= 11 is 0. The minimum Gasteiger partial charge on any atom is -0.393 e. The van der Waals surface area contributed by atoms with Crippen molar-refractivity contribution in [3.63, 3.8) is 0 Å². The van der Waals surface area contributed by atoms with Crippen molar-refractivity contribution in [2.45, 2.75) is 13.0 Å². The molecule has 1 fully saturated rings. The highest BCUT2D eigenvalue weighted by molar-refractivity contribution is 5.94. The Balaban J connectivity index is 1.22. The van der Waals surface area contributed by atoms with Gasteiger partial charge in [-0.25, -0.2) is 9.97 Å². The number of nitrogens with zero attached hydrogens (tertiary/aromatic N) is 5. The molecule has 0 amide bonds. The van der Waals surface area contributed by atoms with Crippen LogP contribution in [0.2, 0.25) is 0 Å². The highest BCUT2D eigenvalue weighted by Crippen LogP contribution is 2.34. The van der Waals surface area contributed by atoms with Crippen LogP contribution in [0.3, 0.4) is 0 Å². The second-order valence-corrected chi connectivity index (χ2v) is 9.66. The molecule has 1 aliphatic heterocycles. The summed E-state index contributed by atoms with van der Waals surface area (Å²) in [5.74, 6) is 1.38. The molecular weight excluding hydrogens is 470 g/mol. The molecule has 3 heterocycles. The number of nitrogens with two attached hydrogens (primary N) is 1. The summed E-state index contributed by atoms with van der Waals surface area (Å²) in [4.78, 5) is 18.5. The van der Waals surface area contributed by atoms with Gasteiger partial charge in [-0.15, -0.1) is 0 Å². The standard InChI is InChI=1S/C31H31N7/c1-22-15-16-25-26(35-22)13-8-14-27(25)36-30-28(32)31(34-21-33-30)38-19-17-37(18-20-38)29(23-9-4-2-5-10-23)24-11-6-3-7-12-24/h2-16,21,29H,17-20,32H2,1H3,(H,33,34,36). The van der Waals surface area contributed by atoms with E-state index in [-0.39, 0.29) is 6.04 Å². The molecule has 0 radical (unpaired) electrons. The van der Waals surface area contributed by atoms with E-state index in [9.17, 15) is 0 Å². The van der Waals surface area contributed by atoms with E-state index in [1.807, 2.05) is 31.2 Å². The number of nitrogens with one attached hydrogen (secondary N) is 1. The van der Waals surface area contributed by atoms with Gasteiger partial charge in [-0.05, 0) is 42.3 Å². The van der Waals surface area contributed by atoms with Crippen molar-refractivity contribution >= 4 is 33.9 Å². The van der Waals surface area contributed by atoms with Crippen molar-refractivity contribution in [3.05, 3.63) is 114 Å². The van der Waals surface area contributed by atoms with Gasteiger partial charge in [0.1, 0.15) is 12.0 Å². The van der Waals surface area contributed by atoms with E-state index >= 15 is 0 Å². The number of fused-ring (bicyclic) bond motifs is 1. The molecule has 0 aliphatic carbocycles. The number of anilines is 4. The van der Waals surface area contributed by atoms with Crippen LogP contribution in [0.15, 0.2) is 97.3 Å². The van der Waals surface area contributed by atoms with Crippen LogP contribution in [0.25, 0.3) is 10.9 Å². The normalized spacial score (nSPS) is 14.2. The lowest BCUT2D eigenvalue weighted by Crippen LogP contribution is -2.48. The van der Waals surface area contributed by atoms with E-state index in [0.29, 0.717) is 11.5 Å². The number of aryl methyl sites for hydroxylation is 1. The third kappa shape index (κ3) is 4.76. The van der Waals surface area contributed by atoms with Gasteiger partial charge in [0.15, 0.2) is 11.6 Å². The molecule has 0 atom stereocenters. The summed E-state index contributed by atoms with van der Waals surface area (Å²) < 4.78 is 0. The first-order chi connectivity index (χ1) is 18.7. The molecule has 6 rings (SSSR count). The minimum atomic E-state index is 0.211. The zero-order valence-corrected chi connectivity index (χ0v) is 21.5. The number of nitrogen functional groups attached to an aromatic ring is 1. The van der Waals surface area contributed by atoms with E-state index in [0.717, 1.165) is 54.3 Å². The molecule has 3 aromatic carbocycles. The van der Waals surface area contributed by atoms with E-state index in [1.165, 1.54) is 11.1 Å². The van der Waals surface area contributed by atoms with Crippen molar-refractivity contribution in [2.75, 3.05) is 42.1 Å². The van der Waals surface area contributed by atoms with Gasteiger partial charge in [-0.3, -0.25) is 9.88 Å². The monoisotopic (exact) mass is 501 g/mol. The van der Waals surface area contributed by atoms with Crippen LogP contribution >= 0.6 is 0 Å².